The number of allylic oxidation sites excluding steroid dienone is 1. The minimum Gasteiger partial charge on any atom is -0.350 e. The van der Waals surface area contributed by atoms with Crippen LogP contribution in [0, 0.1) is 17.8 Å². The number of nitrogens with zero attached hydrogens (tertiary/aromatic N) is 1. The Labute approximate surface area is 244 Å². The van der Waals surface area contributed by atoms with Crippen LogP contribution in [0.5, 0.6) is 0 Å². The first-order valence-electron chi connectivity index (χ1n) is 14.2. The number of nitrogens with one attached hydrogen (secondary N) is 2. The largest absolute Gasteiger partial charge is 0.350 e. The lowest BCUT2D eigenvalue weighted by atomic mass is 9.82. The number of sulfonamides is 1. The maximum atomic E-state index is 13.7. The number of hydrogen-bond donors (Lipinski definition) is 2. The number of hydroxylamine groups is 1. The highest BCUT2D eigenvalue weighted by molar-refractivity contribution is 7.88. The molecule has 224 valence electrons. The van der Waals surface area contributed by atoms with Gasteiger partial charge in [0.15, 0.2) is 6.29 Å². The minimum absolute atomic E-state index is 0.0654. The number of ether oxygens (including phenoxy) is 1. The van der Waals surface area contributed by atoms with Gasteiger partial charge in [0.2, 0.25) is 21.8 Å². The van der Waals surface area contributed by atoms with Crippen molar-refractivity contribution in [3.63, 3.8) is 0 Å². The molecule has 1 aliphatic rings. The summed E-state index contributed by atoms with van der Waals surface area (Å²) >= 11 is 0. The molecule has 0 bridgehead atoms. The molecular weight excluding hydrogens is 542 g/mol. The predicted molar refractivity (Wildman–Crippen MR) is 159 cm³/mol. The van der Waals surface area contributed by atoms with Gasteiger partial charge in [-0.1, -0.05) is 86.7 Å². The number of rotatable bonds is 15. The van der Waals surface area contributed by atoms with Crippen LogP contribution in [0.2, 0.25) is 0 Å². The third-order valence-electron chi connectivity index (χ3n) is 6.89. The van der Waals surface area contributed by atoms with Crippen LogP contribution < -0.4 is 10.9 Å². The molecule has 2 amide bonds. The molecule has 3 rings (SSSR count). The molecule has 0 aliphatic carbocycles. The molecule has 0 saturated carbocycles. The number of carbonyl (C=O) groups excluding carboxylic acids is 2. The fraction of sp³-hybridized carbons (Fsp3) is 0.484. The standard InChI is InChI=1S/C31H43N3O6S/c1-24(2)23-28(30(35)32-34(41(3,37)38)21-20-26-15-8-5-9-16-26)27(18-12-17-25-13-6-4-7-14-25)31(36)33-40-29-19-10-11-22-39-29/h4-9,12-17,24,27-29H,10-11,18-23H2,1-3H3,(H,32,35)(H,33,36)/t27-,28?,29+/m1/s1. The first-order valence-corrected chi connectivity index (χ1v) is 16.1. The van der Waals surface area contributed by atoms with Gasteiger partial charge in [-0.2, -0.15) is 0 Å². The van der Waals surface area contributed by atoms with E-state index in [1.165, 1.54) is 0 Å². The van der Waals surface area contributed by atoms with E-state index in [0.717, 1.165) is 34.6 Å². The van der Waals surface area contributed by atoms with Gasteiger partial charge in [0.25, 0.3) is 0 Å². The lowest BCUT2D eigenvalue weighted by Crippen LogP contribution is -2.51. The third kappa shape index (κ3) is 11.4. The summed E-state index contributed by atoms with van der Waals surface area (Å²) in [5.74, 6) is -2.53. The highest BCUT2D eigenvalue weighted by Gasteiger charge is 2.36. The van der Waals surface area contributed by atoms with E-state index >= 15 is 0 Å². The van der Waals surface area contributed by atoms with Crippen LogP contribution in [-0.4, -0.2) is 50.3 Å². The molecule has 2 N–H and O–H groups in total. The van der Waals surface area contributed by atoms with E-state index in [1.54, 1.807) is 0 Å². The van der Waals surface area contributed by atoms with Gasteiger partial charge in [-0.3, -0.25) is 15.0 Å². The molecule has 1 aliphatic heterocycles. The maximum Gasteiger partial charge on any atom is 0.247 e. The van der Waals surface area contributed by atoms with E-state index in [2.05, 4.69) is 10.9 Å². The van der Waals surface area contributed by atoms with Crippen LogP contribution in [0.1, 0.15) is 57.1 Å². The monoisotopic (exact) mass is 585 g/mol. The van der Waals surface area contributed by atoms with Gasteiger partial charge in [-0.15, -0.1) is 4.41 Å². The van der Waals surface area contributed by atoms with Crippen LogP contribution in [0.3, 0.4) is 0 Å². The first kappa shape index (κ1) is 32.5. The molecular formula is C31H43N3O6S. The molecule has 41 heavy (non-hydrogen) atoms. The summed E-state index contributed by atoms with van der Waals surface area (Å²) in [4.78, 5) is 32.8. The van der Waals surface area contributed by atoms with E-state index < -0.39 is 40.0 Å². The Morgan fingerprint density at radius 1 is 1.02 bits per heavy atom. The Kier molecular flexibility index (Phi) is 13.0. The minimum atomic E-state index is -3.77. The Hall–Kier alpha value is -3.05. The van der Waals surface area contributed by atoms with Gasteiger partial charge < -0.3 is 4.74 Å². The molecule has 0 spiro atoms. The normalized spacial score (nSPS) is 17.4. The quantitative estimate of drug-likeness (QED) is 0.298. The van der Waals surface area contributed by atoms with Gasteiger partial charge in [0.05, 0.1) is 18.1 Å². The molecule has 0 aromatic heterocycles. The van der Waals surface area contributed by atoms with Gasteiger partial charge in [-0.05, 0) is 49.1 Å². The van der Waals surface area contributed by atoms with E-state index in [1.807, 2.05) is 86.7 Å². The molecule has 9 nitrogen and oxygen atoms in total. The van der Waals surface area contributed by atoms with Crippen molar-refractivity contribution in [3.05, 3.63) is 77.9 Å². The molecule has 10 heteroatoms. The summed E-state index contributed by atoms with van der Waals surface area (Å²) in [5.41, 5.74) is 7.06. The fourth-order valence-corrected chi connectivity index (χ4v) is 5.40. The van der Waals surface area contributed by atoms with E-state index in [9.17, 15) is 18.0 Å². The second kappa shape index (κ2) is 16.4. The van der Waals surface area contributed by atoms with Crippen molar-refractivity contribution in [2.75, 3.05) is 19.4 Å². The molecule has 1 unspecified atom stereocenters. The zero-order valence-corrected chi connectivity index (χ0v) is 25.0. The van der Waals surface area contributed by atoms with Crippen molar-refractivity contribution in [1.29, 1.82) is 0 Å². The van der Waals surface area contributed by atoms with E-state index in [-0.39, 0.29) is 18.9 Å². The van der Waals surface area contributed by atoms with Crippen molar-refractivity contribution in [3.8, 4) is 0 Å². The number of amides is 2. The van der Waals surface area contributed by atoms with Crippen LogP contribution in [0.4, 0.5) is 0 Å². The van der Waals surface area contributed by atoms with Crippen molar-refractivity contribution < 1.29 is 27.6 Å². The molecule has 2 aromatic rings. The van der Waals surface area contributed by atoms with Crippen LogP contribution >= 0.6 is 0 Å². The average Bonchev–Trinajstić information content (AvgIpc) is 2.96. The maximum absolute atomic E-state index is 13.7. The number of hydrazine groups is 1. The SMILES string of the molecule is CC(C)CC(C(=O)NN(CCc1ccccc1)S(C)(=O)=O)[C@@H](CC=Cc1ccccc1)C(=O)NO[C@H]1CCCCO1. The lowest BCUT2D eigenvalue weighted by molar-refractivity contribution is -0.203. The van der Waals surface area contributed by atoms with Crippen LogP contribution in [0.15, 0.2) is 66.7 Å². The summed E-state index contributed by atoms with van der Waals surface area (Å²) in [5, 5.41) is 0. The van der Waals surface area contributed by atoms with E-state index in [4.69, 9.17) is 9.57 Å². The van der Waals surface area contributed by atoms with Crippen molar-refractivity contribution in [2.45, 2.75) is 58.7 Å². The molecule has 3 atom stereocenters. The lowest BCUT2D eigenvalue weighted by Gasteiger charge is -2.30. The molecule has 2 aromatic carbocycles. The summed E-state index contributed by atoms with van der Waals surface area (Å²) in [6.07, 6.45) is 7.87. The highest BCUT2D eigenvalue weighted by atomic mass is 32.2. The van der Waals surface area contributed by atoms with Gasteiger partial charge in [0, 0.05) is 19.6 Å². The Bertz CT molecular complexity index is 1210. The zero-order valence-electron chi connectivity index (χ0n) is 24.2. The predicted octanol–water partition coefficient (Wildman–Crippen LogP) is 4.48. The number of hydrogen-bond acceptors (Lipinski definition) is 6. The van der Waals surface area contributed by atoms with Gasteiger partial charge in [-0.25, -0.2) is 18.7 Å². The summed E-state index contributed by atoms with van der Waals surface area (Å²) in [6, 6.07) is 19.1. The molecule has 0 radical (unpaired) electrons. The smallest absolute Gasteiger partial charge is 0.247 e. The number of benzene rings is 2. The molecule has 1 saturated heterocycles. The Balaban J connectivity index is 1.80. The zero-order chi connectivity index (χ0) is 29.7. The second-order valence-electron chi connectivity index (χ2n) is 10.8. The van der Waals surface area contributed by atoms with Gasteiger partial charge in [0.1, 0.15) is 0 Å². The van der Waals surface area contributed by atoms with Gasteiger partial charge >= 0.3 is 0 Å². The molecule has 1 heterocycles. The molecule has 1 fully saturated rings. The Morgan fingerprint density at radius 3 is 2.32 bits per heavy atom. The van der Waals surface area contributed by atoms with Crippen LogP contribution in [0.25, 0.3) is 6.08 Å². The third-order valence-corrected chi connectivity index (χ3v) is 7.97. The Morgan fingerprint density at radius 2 is 1.71 bits per heavy atom. The van der Waals surface area contributed by atoms with Crippen molar-refractivity contribution in [1.82, 2.24) is 15.3 Å². The topological polar surface area (TPSA) is 114 Å². The van der Waals surface area contributed by atoms with Crippen LogP contribution in [-0.2, 0) is 35.6 Å². The number of carbonyl (C=O) groups is 2. The summed E-state index contributed by atoms with van der Waals surface area (Å²) < 4.78 is 31.8. The highest BCUT2D eigenvalue weighted by Crippen LogP contribution is 2.26. The average molecular weight is 586 g/mol. The first-order chi connectivity index (χ1) is 19.6. The van der Waals surface area contributed by atoms with Crippen molar-refractivity contribution >= 4 is 27.9 Å². The summed E-state index contributed by atoms with van der Waals surface area (Å²) in [7, 11) is -3.77. The second-order valence-corrected chi connectivity index (χ2v) is 12.7. The van der Waals surface area contributed by atoms with E-state index in [0.29, 0.717) is 25.9 Å². The van der Waals surface area contributed by atoms with Crippen molar-refractivity contribution in [2.24, 2.45) is 17.8 Å². The summed E-state index contributed by atoms with van der Waals surface area (Å²) in [6.45, 7) is 4.55. The fourth-order valence-electron chi connectivity index (χ4n) is 4.72.